The summed E-state index contributed by atoms with van der Waals surface area (Å²) in [7, 11) is 0. The van der Waals surface area contributed by atoms with E-state index in [2.05, 4.69) is 31.9 Å². The molecule has 2 rings (SSSR count). The van der Waals surface area contributed by atoms with Crippen LogP contribution in [0, 0.1) is 0 Å². The van der Waals surface area contributed by atoms with Gasteiger partial charge in [-0.05, 0) is 40.2 Å². The summed E-state index contributed by atoms with van der Waals surface area (Å²) in [6.07, 6.45) is 1.51. The minimum Gasteiger partial charge on any atom is -0.478 e. The van der Waals surface area contributed by atoms with Crippen molar-refractivity contribution in [1.82, 2.24) is 0 Å². The van der Waals surface area contributed by atoms with Gasteiger partial charge in [-0.3, -0.25) is 0 Å². The summed E-state index contributed by atoms with van der Waals surface area (Å²) in [6.45, 7) is 0. The van der Waals surface area contributed by atoms with Crippen LogP contribution in [0.3, 0.4) is 0 Å². The van der Waals surface area contributed by atoms with Crippen LogP contribution in [0.2, 0.25) is 0 Å². The molecule has 0 saturated heterocycles. The summed E-state index contributed by atoms with van der Waals surface area (Å²) in [5, 5.41) is 9.13. The standard InChI is InChI=1S/C11H6Br2O3/c12-6-4-7(11(14)15)10(8(13)5-6)9-2-1-3-16-9/h1-5H,(H,14,15). The van der Waals surface area contributed by atoms with Crippen molar-refractivity contribution in [3.05, 3.63) is 45.0 Å². The van der Waals surface area contributed by atoms with Crippen LogP contribution in [-0.2, 0) is 0 Å². The average Bonchev–Trinajstić information content (AvgIpc) is 2.69. The van der Waals surface area contributed by atoms with Crippen molar-refractivity contribution in [1.29, 1.82) is 0 Å². The van der Waals surface area contributed by atoms with Crippen LogP contribution in [0.15, 0.2) is 43.9 Å². The maximum Gasteiger partial charge on any atom is 0.336 e. The van der Waals surface area contributed by atoms with Gasteiger partial charge in [-0.1, -0.05) is 15.9 Å². The summed E-state index contributed by atoms with van der Waals surface area (Å²) >= 11 is 6.59. The largest absolute Gasteiger partial charge is 0.478 e. The zero-order chi connectivity index (χ0) is 11.7. The Morgan fingerprint density at radius 3 is 2.62 bits per heavy atom. The molecule has 0 saturated carbocycles. The molecule has 16 heavy (non-hydrogen) atoms. The molecule has 5 heteroatoms. The molecule has 3 nitrogen and oxygen atoms in total. The van der Waals surface area contributed by atoms with Gasteiger partial charge in [-0.25, -0.2) is 4.79 Å². The van der Waals surface area contributed by atoms with Crippen LogP contribution in [0.1, 0.15) is 10.4 Å². The minimum atomic E-state index is -0.992. The van der Waals surface area contributed by atoms with Gasteiger partial charge in [0, 0.05) is 14.5 Å². The van der Waals surface area contributed by atoms with E-state index in [0.29, 0.717) is 20.3 Å². The van der Waals surface area contributed by atoms with Crippen LogP contribution in [-0.4, -0.2) is 11.1 Å². The Morgan fingerprint density at radius 2 is 2.06 bits per heavy atom. The molecule has 0 atom stereocenters. The molecule has 2 aromatic rings. The van der Waals surface area contributed by atoms with E-state index in [1.54, 1.807) is 24.3 Å². The smallest absolute Gasteiger partial charge is 0.336 e. The molecular weight excluding hydrogens is 340 g/mol. The van der Waals surface area contributed by atoms with E-state index in [9.17, 15) is 4.79 Å². The van der Waals surface area contributed by atoms with E-state index in [0.717, 1.165) is 0 Å². The van der Waals surface area contributed by atoms with E-state index in [4.69, 9.17) is 9.52 Å². The SMILES string of the molecule is O=C(O)c1cc(Br)cc(Br)c1-c1ccco1. The summed E-state index contributed by atoms with van der Waals surface area (Å²) in [6, 6.07) is 6.77. The quantitative estimate of drug-likeness (QED) is 0.888. The topological polar surface area (TPSA) is 50.4 Å². The third-order valence-electron chi connectivity index (χ3n) is 2.05. The molecule has 0 spiro atoms. The van der Waals surface area contributed by atoms with Gasteiger partial charge in [0.25, 0.3) is 0 Å². The molecule has 0 unspecified atom stereocenters. The molecule has 0 radical (unpaired) electrons. The minimum absolute atomic E-state index is 0.191. The fourth-order valence-electron chi connectivity index (χ4n) is 1.41. The summed E-state index contributed by atoms with van der Waals surface area (Å²) in [5.41, 5.74) is 0.733. The van der Waals surface area contributed by atoms with E-state index in [1.807, 2.05) is 0 Å². The number of halogens is 2. The van der Waals surface area contributed by atoms with Gasteiger partial charge < -0.3 is 9.52 Å². The lowest BCUT2D eigenvalue weighted by Crippen LogP contribution is -2.00. The third kappa shape index (κ3) is 2.05. The molecule has 0 fully saturated rings. The number of rotatable bonds is 2. The number of hydrogen-bond donors (Lipinski definition) is 1. The van der Waals surface area contributed by atoms with Crippen LogP contribution < -0.4 is 0 Å². The number of furan rings is 1. The van der Waals surface area contributed by atoms with Gasteiger partial charge in [-0.2, -0.15) is 0 Å². The Labute approximate surface area is 108 Å². The fraction of sp³-hybridized carbons (Fsp3) is 0. The van der Waals surface area contributed by atoms with Crippen molar-refractivity contribution in [2.45, 2.75) is 0 Å². The Hall–Kier alpha value is -1.07. The second-order valence-corrected chi connectivity index (χ2v) is 4.86. The lowest BCUT2D eigenvalue weighted by Gasteiger charge is -2.06. The third-order valence-corrected chi connectivity index (χ3v) is 3.14. The van der Waals surface area contributed by atoms with Crippen molar-refractivity contribution in [2.24, 2.45) is 0 Å². The number of hydrogen-bond acceptors (Lipinski definition) is 2. The lowest BCUT2D eigenvalue weighted by atomic mass is 10.1. The van der Waals surface area contributed by atoms with E-state index >= 15 is 0 Å². The zero-order valence-electron chi connectivity index (χ0n) is 7.91. The first-order chi connectivity index (χ1) is 7.59. The van der Waals surface area contributed by atoms with Crippen LogP contribution in [0.4, 0.5) is 0 Å². The number of carbonyl (C=O) groups is 1. The van der Waals surface area contributed by atoms with Crippen LogP contribution in [0.5, 0.6) is 0 Å². The van der Waals surface area contributed by atoms with Gasteiger partial charge in [0.05, 0.1) is 11.8 Å². The van der Waals surface area contributed by atoms with Crippen LogP contribution in [0.25, 0.3) is 11.3 Å². The molecular formula is C11H6Br2O3. The number of carboxylic acids is 1. The van der Waals surface area contributed by atoms with E-state index in [1.165, 1.54) is 6.26 Å². The molecule has 0 amide bonds. The van der Waals surface area contributed by atoms with Gasteiger partial charge in [0.1, 0.15) is 5.76 Å². The molecule has 0 aliphatic carbocycles. The van der Waals surface area contributed by atoms with Gasteiger partial charge in [0.15, 0.2) is 0 Å². The van der Waals surface area contributed by atoms with Crippen LogP contribution >= 0.6 is 31.9 Å². The predicted octanol–water partition coefficient (Wildman–Crippen LogP) is 4.17. The van der Waals surface area contributed by atoms with Gasteiger partial charge in [-0.15, -0.1) is 0 Å². The first-order valence-corrected chi connectivity index (χ1v) is 5.94. The molecule has 0 aliphatic heterocycles. The number of aromatic carboxylic acids is 1. The Bertz CT molecular complexity index is 532. The first-order valence-electron chi connectivity index (χ1n) is 4.36. The number of benzene rings is 1. The molecule has 82 valence electrons. The molecule has 1 N–H and O–H groups in total. The Morgan fingerprint density at radius 1 is 1.31 bits per heavy atom. The number of carboxylic acid groups (broad SMARTS) is 1. The van der Waals surface area contributed by atoms with Crippen molar-refractivity contribution in [3.63, 3.8) is 0 Å². The molecule has 0 aliphatic rings. The van der Waals surface area contributed by atoms with Gasteiger partial charge in [0.2, 0.25) is 0 Å². The molecule has 0 bridgehead atoms. The highest BCUT2D eigenvalue weighted by atomic mass is 79.9. The van der Waals surface area contributed by atoms with E-state index < -0.39 is 5.97 Å². The summed E-state index contributed by atoms with van der Waals surface area (Å²) in [4.78, 5) is 11.1. The summed E-state index contributed by atoms with van der Waals surface area (Å²) < 4.78 is 6.60. The Kier molecular flexibility index (Phi) is 3.16. The van der Waals surface area contributed by atoms with Gasteiger partial charge >= 0.3 is 5.97 Å². The predicted molar refractivity (Wildman–Crippen MR) is 66.5 cm³/mol. The zero-order valence-corrected chi connectivity index (χ0v) is 11.1. The monoisotopic (exact) mass is 344 g/mol. The lowest BCUT2D eigenvalue weighted by molar-refractivity contribution is 0.0697. The normalized spacial score (nSPS) is 10.4. The van der Waals surface area contributed by atoms with Crippen molar-refractivity contribution in [2.75, 3.05) is 0 Å². The highest BCUT2D eigenvalue weighted by Crippen LogP contribution is 2.34. The Balaban J connectivity index is 2.72. The first kappa shape index (κ1) is 11.4. The molecule has 1 aromatic heterocycles. The van der Waals surface area contributed by atoms with Crippen molar-refractivity contribution >= 4 is 37.8 Å². The van der Waals surface area contributed by atoms with E-state index in [-0.39, 0.29) is 5.56 Å². The summed E-state index contributed by atoms with van der Waals surface area (Å²) in [5.74, 6) is -0.467. The molecule has 1 aromatic carbocycles. The average molecular weight is 346 g/mol. The van der Waals surface area contributed by atoms with Crippen molar-refractivity contribution in [3.8, 4) is 11.3 Å². The fourth-order valence-corrected chi connectivity index (χ4v) is 2.83. The highest BCUT2D eigenvalue weighted by Gasteiger charge is 2.17. The second-order valence-electron chi connectivity index (χ2n) is 3.09. The maximum absolute atomic E-state index is 11.1. The maximum atomic E-state index is 11.1. The second kappa shape index (κ2) is 4.43. The van der Waals surface area contributed by atoms with Crippen molar-refractivity contribution < 1.29 is 14.3 Å². The highest BCUT2D eigenvalue weighted by molar-refractivity contribution is 9.11. The molecule has 1 heterocycles.